The number of aromatic nitrogens is 2. The molecule has 124 valence electrons. The lowest BCUT2D eigenvalue weighted by Gasteiger charge is -2.19. The van der Waals surface area contributed by atoms with Gasteiger partial charge in [0.2, 0.25) is 0 Å². The van der Waals surface area contributed by atoms with Crippen molar-refractivity contribution in [2.24, 2.45) is 0 Å². The first kappa shape index (κ1) is 16.7. The highest BCUT2D eigenvalue weighted by Gasteiger charge is 2.23. The van der Waals surface area contributed by atoms with Crippen LogP contribution in [0.3, 0.4) is 0 Å². The van der Waals surface area contributed by atoms with Crippen molar-refractivity contribution in [3.63, 3.8) is 0 Å². The van der Waals surface area contributed by atoms with Gasteiger partial charge in [-0.1, -0.05) is 0 Å². The third-order valence-corrected chi connectivity index (χ3v) is 5.23. The van der Waals surface area contributed by atoms with Gasteiger partial charge in [0.1, 0.15) is 21.5 Å². The zero-order valence-electron chi connectivity index (χ0n) is 13.9. The molecule has 0 fully saturated rings. The highest BCUT2D eigenvalue weighted by Crippen LogP contribution is 2.33. The number of aryl methyl sites for hydroxylation is 1. The van der Waals surface area contributed by atoms with E-state index in [9.17, 15) is 20.4 Å². The molecular weight excluding hydrogens is 336 g/mol. The Bertz CT molecular complexity index is 1090. The van der Waals surface area contributed by atoms with Gasteiger partial charge in [0.15, 0.2) is 0 Å². The minimum Gasteiger partial charge on any atom is -0.477 e. The molecule has 0 aliphatic carbocycles. The summed E-state index contributed by atoms with van der Waals surface area (Å²) in [6.45, 7) is 5.23. The van der Waals surface area contributed by atoms with Gasteiger partial charge in [-0.05, 0) is 39.0 Å². The average molecular weight is 350 g/mol. The van der Waals surface area contributed by atoms with Crippen LogP contribution in [0.2, 0.25) is 0 Å². The van der Waals surface area contributed by atoms with Gasteiger partial charge >= 0.3 is 5.97 Å². The predicted octanol–water partition coefficient (Wildman–Crippen LogP) is 3.90. The van der Waals surface area contributed by atoms with Crippen LogP contribution in [0.4, 0.5) is 0 Å². The molecule has 6 nitrogen and oxygen atoms in total. The van der Waals surface area contributed by atoms with Gasteiger partial charge in [-0.3, -0.25) is 0 Å². The average Bonchev–Trinajstić information content (AvgIpc) is 3.15. The Labute approximate surface area is 148 Å². The van der Waals surface area contributed by atoms with Crippen LogP contribution in [-0.2, 0) is 5.54 Å². The molecular formula is C18H14N4O2S. The molecule has 0 saturated carbocycles. The summed E-state index contributed by atoms with van der Waals surface area (Å²) in [5, 5.41) is 29.3. The normalized spacial score (nSPS) is 11.2. The largest absolute Gasteiger partial charge is 0.477 e. The van der Waals surface area contributed by atoms with Crippen molar-refractivity contribution in [3.8, 4) is 22.7 Å². The summed E-state index contributed by atoms with van der Waals surface area (Å²) < 4.78 is 1.78. The molecule has 1 aromatic carbocycles. The number of hydrogen-bond donors (Lipinski definition) is 1. The standard InChI is InChI=1S/C18H14N4O2S/c1-10-15(17(23)24)25-16(21-10)11-4-5-14-13(6-11)12(7-19)8-22(14)18(2,3)9-20/h4-6,8H,1-3H3,(H,23,24). The van der Waals surface area contributed by atoms with E-state index in [-0.39, 0.29) is 4.88 Å². The Morgan fingerprint density at radius 2 is 2.08 bits per heavy atom. The highest BCUT2D eigenvalue weighted by molar-refractivity contribution is 7.17. The second-order valence-electron chi connectivity index (χ2n) is 6.17. The predicted molar refractivity (Wildman–Crippen MR) is 94.4 cm³/mol. The quantitative estimate of drug-likeness (QED) is 0.771. The first-order valence-electron chi connectivity index (χ1n) is 7.46. The van der Waals surface area contributed by atoms with E-state index in [1.54, 1.807) is 31.5 Å². The molecule has 0 unspecified atom stereocenters. The van der Waals surface area contributed by atoms with Gasteiger partial charge in [0.25, 0.3) is 0 Å². The summed E-state index contributed by atoms with van der Waals surface area (Å²) in [6.07, 6.45) is 1.67. The van der Waals surface area contributed by atoms with Gasteiger partial charge in [0.05, 0.1) is 22.8 Å². The summed E-state index contributed by atoms with van der Waals surface area (Å²) in [4.78, 5) is 15.8. The summed E-state index contributed by atoms with van der Waals surface area (Å²) >= 11 is 1.11. The fraction of sp³-hybridized carbons (Fsp3) is 0.222. The first-order chi connectivity index (χ1) is 11.8. The number of benzene rings is 1. The molecule has 0 bridgehead atoms. The van der Waals surface area contributed by atoms with E-state index in [1.165, 1.54) is 0 Å². The molecule has 0 aliphatic heterocycles. The number of carboxylic acid groups (broad SMARTS) is 1. The van der Waals surface area contributed by atoms with Crippen LogP contribution in [0, 0.1) is 29.6 Å². The molecule has 0 spiro atoms. The topological polar surface area (TPSA) is 103 Å². The zero-order valence-corrected chi connectivity index (χ0v) is 14.7. The van der Waals surface area contributed by atoms with Crippen molar-refractivity contribution in [2.45, 2.75) is 26.3 Å². The summed E-state index contributed by atoms with van der Waals surface area (Å²) in [5.74, 6) is -0.998. The SMILES string of the molecule is Cc1nc(-c2ccc3c(c2)c(C#N)cn3C(C)(C)C#N)sc1C(=O)O. The number of rotatable bonds is 3. The summed E-state index contributed by atoms with van der Waals surface area (Å²) in [7, 11) is 0. The van der Waals surface area contributed by atoms with E-state index in [4.69, 9.17) is 0 Å². The fourth-order valence-corrected chi connectivity index (χ4v) is 3.59. The Kier molecular flexibility index (Phi) is 3.82. The smallest absolute Gasteiger partial charge is 0.347 e. The lowest BCUT2D eigenvalue weighted by atomic mass is 10.1. The number of carboxylic acids is 1. The van der Waals surface area contributed by atoms with Crippen LogP contribution < -0.4 is 0 Å². The molecule has 0 aliphatic rings. The molecule has 25 heavy (non-hydrogen) atoms. The number of carbonyl (C=O) groups is 1. The molecule has 2 aromatic heterocycles. The maximum atomic E-state index is 11.2. The number of hydrogen-bond acceptors (Lipinski definition) is 5. The summed E-state index contributed by atoms with van der Waals surface area (Å²) in [5.41, 5.74) is 1.67. The maximum Gasteiger partial charge on any atom is 0.347 e. The van der Waals surface area contributed by atoms with Crippen molar-refractivity contribution in [1.82, 2.24) is 9.55 Å². The van der Waals surface area contributed by atoms with Crippen molar-refractivity contribution in [1.29, 1.82) is 10.5 Å². The first-order valence-corrected chi connectivity index (χ1v) is 8.28. The van der Waals surface area contributed by atoms with Gasteiger partial charge < -0.3 is 9.67 Å². The number of fused-ring (bicyclic) bond motifs is 1. The van der Waals surface area contributed by atoms with Crippen LogP contribution in [-0.4, -0.2) is 20.6 Å². The number of aromatic carboxylic acids is 1. The number of thiazole rings is 1. The molecule has 1 N–H and O–H groups in total. The molecule has 2 heterocycles. The van der Waals surface area contributed by atoms with Gasteiger partial charge in [0, 0.05) is 17.1 Å². The van der Waals surface area contributed by atoms with Crippen LogP contribution >= 0.6 is 11.3 Å². The third-order valence-electron chi connectivity index (χ3n) is 4.04. The molecule has 3 rings (SSSR count). The van der Waals surface area contributed by atoms with Crippen molar-refractivity contribution in [2.75, 3.05) is 0 Å². The van der Waals surface area contributed by atoms with E-state index in [0.717, 1.165) is 22.4 Å². The molecule has 0 amide bonds. The summed E-state index contributed by atoms with van der Waals surface area (Å²) in [6, 6.07) is 9.88. The number of nitriles is 2. The van der Waals surface area contributed by atoms with Crippen molar-refractivity contribution in [3.05, 3.63) is 40.5 Å². The van der Waals surface area contributed by atoms with Crippen LogP contribution in [0.25, 0.3) is 21.5 Å². The van der Waals surface area contributed by atoms with Crippen LogP contribution in [0.15, 0.2) is 24.4 Å². The minimum absolute atomic E-state index is 0.207. The number of nitrogens with zero attached hydrogens (tertiary/aromatic N) is 4. The van der Waals surface area contributed by atoms with Crippen molar-refractivity contribution < 1.29 is 9.90 Å². The molecule has 3 aromatic rings. The third kappa shape index (κ3) is 2.65. The second kappa shape index (κ2) is 5.73. The molecule has 0 atom stereocenters. The minimum atomic E-state index is -0.998. The maximum absolute atomic E-state index is 11.2. The Hall–Kier alpha value is -3.16. The van der Waals surface area contributed by atoms with Gasteiger partial charge in [-0.15, -0.1) is 11.3 Å². The fourth-order valence-electron chi connectivity index (χ4n) is 2.69. The monoisotopic (exact) mass is 350 g/mol. The van der Waals surface area contributed by atoms with Gasteiger partial charge in [-0.2, -0.15) is 10.5 Å². The van der Waals surface area contributed by atoms with E-state index in [2.05, 4.69) is 17.1 Å². The molecule has 0 saturated heterocycles. The second-order valence-corrected chi connectivity index (χ2v) is 7.17. The van der Waals surface area contributed by atoms with E-state index in [1.807, 2.05) is 18.2 Å². The molecule has 0 radical (unpaired) electrons. The van der Waals surface area contributed by atoms with Crippen LogP contribution in [0.1, 0.15) is 34.8 Å². The van der Waals surface area contributed by atoms with Gasteiger partial charge in [-0.25, -0.2) is 9.78 Å². The van der Waals surface area contributed by atoms with Crippen molar-refractivity contribution >= 4 is 28.2 Å². The van der Waals surface area contributed by atoms with E-state index >= 15 is 0 Å². The molecule has 7 heteroatoms. The lowest BCUT2D eigenvalue weighted by Crippen LogP contribution is -2.22. The Morgan fingerprint density at radius 1 is 1.36 bits per heavy atom. The van der Waals surface area contributed by atoms with E-state index in [0.29, 0.717) is 21.7 Å². The zero-order chi connectivity index (χ0) is 18.4. The van der Waals surface area contributed by atoms with Crippen LogP contribution in [0.5, 0.6) is 0 Å². The Balaban J connectivity index is 2.22. The lowest BCUT2D eigenvalue weighted by molar-refractivity contribution is 0.0701. The van der Waals surface area contributed by atoms with E-state index < -0.39 is 11.5 Å². The highest BCUT2D eigenvalue weighted by atomic mass is 32.1. The Morgan fingerprint density at radius 3 is 2.64 bits per heavy atom.